The van der Waals surface area contributed by atoms with Crippen LogP contribution in [0.2, 0.25) is 0 Å². The lowest BCUT2D eigenvalue weighted by Gasteiger charge is -2.01. The van der Waals surface area contributed by atoms with Gasteiger partial charge in [0.2, 0.25) is 0 Å². The first kappa shape index (κ1) is 17.3. The number of nitro benzene ring substituents is 1. The van der Waals surface area contributed by atoms with Gasteiger partial charge in [-0.1, -0.05) is 6.07 Å². The first-order chi connectivity index (χ1) is 12.4. The van der Waals surface area contributed by atoms with Crippen molar-refractivity contribution in [3.05, 3.63) is 79.9 Å². The van der Waals surface area contributed by atoms with Crippen LogP contribution in [0.1, 0.15) is 23.7 Å². The highest BCUT2D eigenvalue weighted by Crippen LogP contribution is 2.17. The van der Waals surface area contributed by atoms with E-state index in [-0.39, 0.29) is 11.2 Å². The number of hydrogen-bond acceptors (Lipinski definition) is 5. The first-order valence-electron chi connectivity index (χ1n) is 7.92. The SMILES string of the molecule is C/C(=N\c1ncccc1C)c1c(C)[nH]n(-c2ccc([N+](=O)[O-])cc2)c1=O. The molecule has 3 aromatic rings. The van der Waals surface area contributed by atoms with Crippen LogP contribution in [-0.4, -0.2) is 25.4 Å². The highest BCUT2D eigenvalue weighted by Gasteiger charge is 2.16. The number of aliphatic imine (C=N–C) groups is 1. The van der Waals surface area contributed by atoms with Gasteiger partial charge in [0.15, 0.2) is 5.82 Å². The number of nitrogens with zero attached hydrogens (tertiary/aromatic N) is 4. The van der Waals surface area contributed by atoms with E-state index in [9.17, 15) is 14.9 Å². The van der Waals surface area contributed by atoms with E-state index in [0.29, 0.717) is 28.5 Å². The van der Waals surface area contributed by atoms with Gasteiger partial charge in [-0.3, -0.25) is 20.0 Å². The monoisotopic (exact) mass is 351 g/mol. The molecule has 0 spiro atoms. The van der Waals surface area contributed by atoms with Crippen LogP contribution < -0.4 is 5.56 Å². The van der Waals surface area contributed by atoms with Gasteiger partial charge in [0.05, 0.1) is 21.9 Å². The standard InChI is InChI=1S/C18H17N5O3/c1-11-5-4-10-19-17(11)20-12(2)16-13(3)21-22(18(16)24)14-6-8-15(9-7-14)23(25)26/h4-10,21H,1-3H3/b20-12+. The minimum atomic E-state index is -0.482. The summed E-state index contributed by atoms with van der Waals surface area (Å²) < 4.78 is 1.35. The molecule has 0 fully saturated rings. The predicted octanol–water partition coefficient (Wildman–Crippen LogP) is 3.23. The second-order valence-electron chi connectivity index (χ2n) is 5.87. The van der Waals surface area contributed by atoms with Gasteiger partial charge in [-0.2, -0.15) is 0 Å². The van der Waals surface area contributed by atoms with E-state index >= 15 is 0 Å². The van der Waals surface area contributed by atoms with Crippen LogP contribution in [0, 0.1) is 24.0 Å². The molecule has 0 aliphatic rings. The number of pyridine rings is 1. The lowest BCUT2D eigenvalue weighted by Crippen LogP contribution is -2.19. The summed E-state index contributed by atoms with van der Waals surface area (Å²) in [6.45, 7) is 5.44. The largest absolute Gasteiger partial charge is 0.295 e. The van der Waals surface area contributed by atoms with Crippen molar-refractivity contribution < 1.29 is 4.92 Å². The molecule has 3 rings (SSSR count). The van der Waals surface area contributed by atoms with Crippen LogP contribution in [0.25, 0.3) is 5.69 Å². The summed E-state index contributed by atoms with van der Waals surface area (Å²) in [7, 11) is 0. The molecule has 0 unspecified atom stereocenters. The minimum Gasteiger partial charge on any atom is -0.295 e. The molecule has 1 aromatic carbocycles. The topological polar surface area (TPSA) is 106 Å². The lowest BCUT2D eigenvalue weighted by molar-refractivity contribution is -0.384. The predicted molar refractivity (Wildman–Crippen MR) is 98.6 cm³/mol. The fourth-order valence-electron chi connectivity index (χ4n) is 2.69. The van der Waals surface area contributed by atoms with Gasteiger partial charge in [0.1, 0.15) is 0 Å². The normalized spacial score (nSPS) is 11.6. The maximum absolute atomic E-state index is 12.8. The molecule has 0 aliphatic carbocycles. The van der Waals surface area contributed by atoms with E-state index in [4.69, 9.17) is 0 Å². The highest BCUT2D eigenvalue weighted by atomic mass is 16.6. The molecule has 0 saturated carbocycles. The van der Waals surface area contributed by atoms with Crippen molar-refractivity contribution in [3.8, 4) is 5.69 Å². The Labute approximate surface area is 149 Å². The van der Waals surface area contributed by atoms with Crippen molar-refractivity contribution in [2.45, 2.75) is 20.8 Å². The minimum absolute atomic E-state index is 0.0336. The zero-order valence-corrected chi connectivity index (χ0v) is 14.6. The third-order valence-electron chi connectivity index (χ3n) is 4.01. The summed E-state index contributed by atoms with van der Waals surface area (Å²) in [6.07, 6.45) is 1.65. The van der Waals surface area contributed by atoms with E-state index < -0.39 is 4.92 Å². The zero-order valence-electron chi connectivity index (χ0n) is 14.6. The molecule has 26 heavy (non-hydrogen) atoms. The average Bonchev–Trinajstić information content (AvgIpc) is 2.91. The molecule has 0 amide bonds. The van der Waals surface area contributed by atoms with Crippen LogP contribution in [0.3, 0.4) is 0 Å². The molecule has 0 atom stereocenters. The third-order valence-corrected chi connectivity index (χ3v) is 4.01. The van der Waals surface area contributed by atoms with E-state index in [1.807, 2.05) is 19.1 Å². The number of aromatic nitrogens is 3. The Balaban J connectivity index is 2.04. The number of aromatic amines is 1. The number of benzene rings is 1. The smallest absolute Gasteiger partial charge is 0.280 e. The summed E-state index contributed by atoms with van der Waals surface area (Å²) in [4.78, 5) is 31.8. The molecule has 1 N–H and O–H groups in total. The fourth-order valence-corrected chi connectivity index (χ4v) is 2.69. The molecular weight excluding hydrogens is 334 g/mol. The molecule has 0 bridgehead atoms. The number of H-pyrrole nitrogens is 1. The van der Waals surface area contributed by atoms with Gasteiger partial charge >= 0.3 is 0 Å². The molecule has 2 heterocycles. The first-order valence-corrected chi connectivity index (χ1v) is 7.92. The lowest BCUT2D eigenvalue weighted by atomic mass is 10.1. The zero-order chi connectivity index (χ0) is 18.8. The van der Waals surface area contributed by atoms with Gasteiger partial charge in [-0.05, 0) is 44.5 Å². The van der Waals surface area contributed by atoms with Crippen LogP contribution in [0.5, 0.6) is 0 Å². The van der Waals surface area contributed by atoms with Crippen molar-refractivity contribution in [1.82, 2.24) is 14.8 Å². The summed E-state index contributed by atoms with van der Waals surface area (Å²) in [6, 6.07) is 9.49. The van der Waals surface area contributed by atoms with E-state index in [0.717, 1.165) is 5.56 Å². The Bertz CT molecular complexity index is 1060. The highest BCUT2D eigenvalue weighted by molar-refractivity contribution is 6.00. The average molecular weight is 351 g/mol. The van der Waals surface area contributed by atoms with Crippen LogP contribution in [0.15, 0.2) is 52.4 Å². The quantitative estimate of drug-likeness (QED) is 0.442. The Morgan fingerprint density at radius 3 is 2.54 bits per heavy atom. The van der Waals surface area contributed by atoms with E-state index in [1.165, 1.54) is 28.9 Å². The Morgan fingerprint density at radius 2 is 1.92 bits per heavy atom. The molecular formula is C18H17N5O3. The van der Waals surface area contributed by atoms with Crippen molar-refractivity contribution in [3.63, 3.8) is 0 Å². The number of rotatable bonds is 4. The van der Waals surface area contributed by atoms with Crippen LogP contribution in [0.4, 0.5) is 11.5 Å². The summed E-state index contributed by atoms with van der Waals surface area (Å²) >= 11 is 0. The number of aryl methyl sites for hydroxylation is 2. The second kappa shape index (κ2) is 6.75. The Morgan fingerprint density at radius 1 is 1.23 bits per heavy atom. The Kier molecular flexibility index (Phi) is 4.49. The van der Waals surface area contributed by atoms with Gasteiger partial charge in [-0.25, -0.2) is 14.7 Å². The molecule has 0 saturated heterocycles. The molecule has 8 heteroatoms. The maximum Gasteiger partial charge on any atom is 0.280 e. The number of hydrogen-bond donors (Lipinski definition) is 1. The molecule has 2 aromatic heterocycles. The molecule has 0 radical (unpaired) electrons. The van der Waals surface area contributed by atoms with Crippen molar-refractivity contribution in [1.29, 1.82) is 0 Å². The third kappa shape index (κ3) is 3.16. The van der Waals surface area contributed by atoms with Crippen molar-refractivity contribution >= 4 is 17.2 Å². The summed E-state index contributed by atoms with van der Waals surface area (Å²) in [5, 5.41) is 13.8. The van der Waals surface area contributed by atoms with Gasteiger partial charge < -0.3 is 0 Å². The molecule has 132 valence electrons. The molecule has 0 aliphatic heterocycles. The van der Waals surface area contributed by atoms with Gasteiger partial charge in [-0.15, -0.1) is 0 Å². The number of nitro groups is 1. The van der Waals surface area contributed by atoms with Gasteiger partial charge in [0, 0.05) is 24.0 Å². The van der Waals surface area contributed by atoms with E-state index in [2.05, 4.69) is 15.1 Å². The van der Waals surface area contributed by atoms with Crippen molar-refractivity contribution in [2.24, 2.45) is 4.99 Å². The fraction of sp³-hybridized carbons (Fsp3) is 0.167. The van der Waals surface area contributed by atoms with Crippen LogP contribution in [-0.2, 0) is 0 Å². The van der Waals surface area contributed by atoms with E-state index in [1.54, 1.807) is 20.0 Å². The summed E-state index contributed by atoms with van der Waals surface area (Å²) in [5.74, 6) is 0.562. The Hall–Kier alpha value is -3.55. The number of non-ortho nitro benzene ring substituents is 1. The summed E-state index contributed by atoms with van der Waals surface area (Å²) in [5.41, 5.74) is 2.77. The maximum atomic E-state index is 12.8. The number of nitrogens with one attached hydrogen (secondary N) is 1. The second-order valence-corrected chi connectivity index (χ2v) is 5.87. The van der Waals surface area contributed by atoms with Crippen LogP contribution >= 0.6 is 0 Å². The van der Waals surface area contributed by atoms with Crippen molar-refractivity contribution in [2.75, 3.05) is 0 Å². The molecule has 8 nitrogen and oxygen atoms in total. The van der Waals surface area contributed by atoms with Gasteiger partial charge in [0.25, 0.3) is 11.2 Å².